The number of fused-ring (bicyclic) bond motifs is 1. The summed E-state index contributed by atoms with van der Waals surface area (Å²) in [5.74, 6) is 0. The van der Waals surface area contributed by atoms with Gasteiger partial charge in [-0.05, 0) is 0 Å². The maximum Gasteiger partial charge on any atom is 0.333 e. The van der Waals surface area contributed by atoms with E-state index in [0.717, 1.165) is 0 Å². The van der Waals surface area contributed by atoms with Gasteiger partial charge in [0.1, 0.15) is 24.1 Å². The molecule has 0 aliphatic carbocycles. The minimum atomic E-state index is -4.21. The van der Waals surface area contributed by atoms with Crippen molar-refractivity contribution in [3.05, 3.63) is 18.9 Å². The largest absolute Gasteiger partial charge is 0.387 e. The van der Waals surface area contributed by atoms with Gasteiger partial charge in [0.2, 0.25) is 0 Å². The zero-order valence-electron chi connectivity index (χ0n) is 11.0. The predicted molar refractivity (Wildman–Crippen MR) is 69.2 cm³/mol. The lowest BCUT2D eigenvalue weighted by molar-refractivity contribution is -0.0403. The summed E-state index contributed by atoms with van der Waals surface area (Å²) in [5.41, 5.74) is 0.750. The summed E-state index contributed by atoms with van der Waals surface area (Å²) in [7, 11) is -4.21. The molecule has 2 aromatic rings. The first kappa shape index (κ1) is 15.2. The Morgan fingerprint density at radius 2 is 2.27 bits per heavy atom. The van der Waals surface area contributed by atoms with E-state index in [2.05, 4.69) is 24.3 Å². The highest BCUT2D eigenvalue weighted by Gasteiger charge is 2.46. The lowest BCUT2D eigenvalue weighted by Crippen LogP contribution is -2.33. The van der Waals surface area contributed by atoms with Gasteiger partial charge in [-0.1, -0.05) is 0 Å². The van der Waals surface area contributed by atoms with Crippen molar-refractivity contribution in [2.45, 2.75) is 24.6 Å². The number of nitrogens with two attached hydrogens (primary N) is 1. The van der Waals surface area contributed by atoms with Crippen molar-refractivity contribution in [2.24, 2.45) is 5.14 Å². The van der Waals surface area contributed by atoms with Crippen LogP contribution in [0.4, 0.5) is 4.39 Å². The fraction of sp³-hybridized carbons (Fsp3) is 0.500. The maximum atomic E-state index is 14.2. The topological polar surface area (TPSA) is 142 Å². The second-order valence-electron chi connectivity index (χ2n) is 4.66. The minimum absolute atomic E-state index is 0.322. The van der Waals surface area contributed by atoms with E-state index in [1.165, 1.54) is 23.4 Å². The second-order valence-corrected chi connectivity index (χ2v) is 5.88. The van der Waals surface area contributed by atoms with Crippen LogP contribution in [0.25, 0.3) is 11.2 Å². The Balaban J connectivity index is 1.83. The first-order valence-electron chi connectivity index (χ1n) is 6.14. The molecule has 1 fully saturated rings. The smallest absolute Gasteiger partial charge is 0.333 e. The number of hydrogen-bond donors (Lipinski definition) is 2. The average molecular weight is 333 g/mol. The highest BCUT2D eigenvalue weighted by Crippen LogP contribution is 2.33. The summed E-state index contributed by atoms with van der Waals surface area (Å²) in [6.07, 6.45) is -1.81. The predicted octanol–water partition coefficient (Wildman–Crippen LogP) is -1.36. The van der Waals surface area contributed by atoms with E-state index in [0.29, 0.717) is 11.2 Å². The lowest BCUT2D eigenvalue weighted by Gasteiger charge is -2.15. The fourth-order valence-electron chi connectivity index (χ4n) is 2.20. The molecule has 0 spiro atoms. The van der Waals surface area contributed by atoms with Crippen LogP contribution in [0, 0.1) is 0 Å². The third-order valence-electron chi connectivity index (χ3n) is 3.20. The fourth-order valence-corrected chi connectivity index (χ4v) is 2.52. The van der Waals surface area contributed by atoms with Gasteiger partial charge < -0.3 is 9.84 Å². The molecule has 1 aliphatic heterocycles. The standard InChI is InChI=1S/C10H12FN5O5S/c11-7-8(17)6(2-20-22(12,18)19)21-10(7)16-4-15-5-1-13-3-14-9(5)16/h1,3-4,6-8,10,17H,2H2,(H2,12,18,19)/t6-,7-,8-,10-/m1/s1. The minimum Gasteiger partial charge on any atom is -0.387 e. The molecular formula is C10H12FN5O5S. The number of aliphatic hydroxyl groups excluding tert-OH is 1. The molecule has 0 amide bonds. The van der Waals surface area contributed by atoms with Gasteiger partial charge in [-0.25, -0.2) is 24.5 Å². The van der Waals surface area contributed by atoms with Gasteiger partial charge in [-0.2, -0.15) is 8.42 Å². The summed E-state index contributed by atoms with van der Waals surface area (Å²) in [5, 5.41) is 14.5. The molecule has 0 saturated carbocycles. The van der Waals surface area contributed by atoms with Gasteiger partial charge in [0.25, 0.3) is 0 Å². The number of nitrogens with zero attached hydrogens (tertiary/aromatic N) is 4. The molecule has 12 heteroatoms. The normalized spacial score (nSPS) is 29.2. The van der Waals surface area contributed by atoms with Crippen LogP contribution in [-0.4, -0.2) is 58.0 Å². The van der Waals surface area contributed by atoms with E-state index < -0.39 is 41.5 Å². The molecule has 0 aromatic carbocycles. The van der Waals surface area contributed by atoms with E-state index in [9.17, 15) is 17.9 Å². The zero-order valence-corrected chi connectivity index (χ0v) is 11.8. The Kier molecular flexibility index (Phi) is 3.78. The van der Waals surface area contributed by atoms with Crippen LogP contribution in [0.3, 0.4) is 0 Å². The molecular weight excluding hydrogens is 321 g/mol. The van der Waals surface area contributed by atoms with Gasteiger partial charge in [0, 0.05) is 0 Å². The number of imidazole rings is 1. The zero-order chi connectivity index (χ0) is 15.9. The Hall–Kier alpha value is -1.73. The summed E-state index contributed by atoms with van der Waals surface area (Å²) in [6, 6.07) is 0. The van der Waals surface area contributed by atoms with Crippen LogP contribution < -0.4 is 5.14 Å². The van der Waals surface area contributed by atoms with E-state index in [-0.39, 0.29) is 0 Å². The highest BCUT2D eigenvalue weighted by molar-refractivity contribution is 7.84. The SMILES string of the molecule is NS(=O)(=O)OC[C@H]1O[C@@H](n2cnc3cncnc32)[C@H](F)[C@@H]1O. The molecule has 3 rings (SSSR count). The van der Waals surface area contributed by atoms with Crippen molar-refractivity contribution < 1.29 is 26.8 Å². The number of halogens is 1. The van der Waals surface area contributed by atoms with E-state index in [1.54, 1.807) is 0 Å². The number of alkyl halides is 1. The van der Waals surface area contributed by atoms with Gasteiger partial charge in [-0.3, -0.25) is 8.75 Å². The van der Waals surface area contributed by atoms with Gasteiger partial charge in [0.15, 0.2) is 18.0 Å². The van der Waals surface area contributed by atoms with Crippen LogP contribution in [0.1, 0.15) is 6.23 Å². The summed E-state index contributed by atoms with van der Waals surface area (Å²) in [6.45, 7) is -0.599. The van der Waals surface area contributed by atoms with Gasteiger partial charge >= 0.3 is 10.3 Å². The van der Waals surface area contributed by atoms with Gasteiger partial charge in [-0.15, -0.1) is 0 Å². The maximum absolute atomic E-state index is 14.2. The quantitative estimate of drug-likeness (QED) is 0.698. The Morgan fingerprint density at radius 1 is 1.50 bits per heavy atom. The third-order valence-corrected chi connectivity index (χ3v) is 3.67. The summed E-state index contributed by atoms with van der Waals surface area (Å²) >= 11 is 0. The molecule has 22 heavy (non-hydrogen) atoms. The molecule has 0 unspecified atom stereocenters. The molecule has 3 N–H and O–H groups in total. The van der Waals surface area contributed by atoms with E-state index in [4.69, 9.17) is 4.74 Å². The van der Waals surface area contributed by atoms with Crippen molar-refractivity contribution in [1.29, 1.82) is 0 Å². The third kappa shape index (κ3) is 2.78. The highest BCUT2D eigenvalue weighted by atomic mass is 32.2. The molecule has 120 valence electrons. The number of ether oxygens (including phenoxy) is 1. The van der Waals surface area contributed by atoms with Crippen molar-refractivity contribution in [3.63, 3.8) is 0 Å². The van der Waals surface area contributed by atoms with Crippen LogP contribution in [0.2, 0.25) is 0 Å². The molecule has 0 bridgehead atoms. The molecule has 0 radical (unpaired) electrons. The van der Waals surface area contributed by atoms with Crippen molar-refractivity contribution in [1.82, 2.24) is 19.5 Å². The van der Waals surface area contributed by atoms with Crippen molar-refractivity contribution in [2.75, 3.05) is 6.61 Å². The summed E-state index contributed by atoms with van der Waals surface area (Å²) in [4.78, 5) is 11.8. The molecule has 2 aromatic heterocycles. The van der Waals surface area contributed by atoms with Crippen LogP contribution in [0.15, 0.2) is 18.9 Å². The molecule has 4 atom stereocenters. The van der Waals surface area contributed by atoms with Crippen LogP contribution >= 0.6 is 0 Å². The number of aliphatic hydroxyl groups is 1. The van der Waals surface area contributed by atoms with Gasteiger partial charge in [0.05, 0.1) is 19.1 Å². The monoisotopic (exact) mass is 333 g/mol. The van der Waals surface area contributed by atoms with Crippen molar-refractivity contribution >= 4 is 21.5 Å². The average Bonchev–Trinajstić information content (AvgIpc) is 3.00. The Bertz CT molecular complexity index is 783. The second kappa shape index (κ2) is 5.48. The Labute approximate surface area is 124 Å². The first-order valence-corrected chi connectivity index (χ1v) is 7.61. The number of rotatable bonds is 4. The van der Waals surface area contributed by atoms with E-state index in [1.807, 2.05) is 0 Å². The lowest BCUT2D eigenvalue weighted by atomic mass is 10.1. The number of hydrogen-bond acceptors (Lipinski definition) is 8. The molecule has 1 aliphatic rings. The number of aromatic nitrogens is 4. The van der Waals surface area contributed by atoms with Crippen molar-refractivity contribution in [3.8, 4) is 0 Å². The van der Waals surface area contributed by atoms with E-state index >= 15 is 0 Å². The first-order chi connectivity index (χ1) is 10.4. The molecule has 10 nitrogen and oxygen atoms in total. The summed E-state index contributed by atoms with van der Waals surface area (Å²) < 4.78 is 46.7. The van der Waals surface area contributed by atoms with Crippen LogP contribution in [-0.2, 0) is 19.2 Å². The Morgan fingerprint density at radius 3 is 3.00 bits per heavy atom. The molecule has 1 saturated heterocycles. The molecule has 3 heterocycles. The van der Waals surface area contributed by atoms with Crippen LogP contribution in [0.5, 0.6) is 0 Å².